The van der Waals surface area contributed by atoms with Crippen molar-refractivity contribution in [1.82, 2.24) is 14.6 Å². The first-order chi connectivity index (χ1) is 14.1. The summed E-state index contributed by atoms with van der Waals surface area (Å²) in [6.45, 7) is 1.65. The number of imidazole rings is 1. The first kappa shape index (κ1) is 22.2. The number of anilines is 1. The minimum atomic E-state index is -4.66. The molecule has 0 spiro atoms. The lowest BCUT2D eigenvalue weighted by atomic mass is 10.2. The third kappa shape index (κ3) is 5.06. The standard InChI is InChI=1S/C16H23ClN4O7P2/c17-15-7-12(20-5-1-2-6-20)13-8-18-16(21(13)19-15)14-4-3-11(28-14)9-27-30(25,26)10-29(22,23)24/h7-8,11,14H,1-6,9-10H2,(H,25,26)(H2,22,23,24)/t11-,14+/m0/s1. The van der Waals surface area contributed by atoms with E-state index in [0.717, 1.165) is 37.1 Å². The van der Waals surface area contributed by atoms with E-state index in [0.29, 0.717) is 23.8 Å². The van der Waals surface area contributed by atoms with Gasteiger partial charge in [0.25, 0.3) is 0 Å². The lowest BCUT2D eigenvalue weighted by Gasteiger charge is -2.19. The Morgan fingerprint density at radius 2 is 1.97 bits per heavy atom. The Balaban J connectivity index is 1.47. The number of halogens is 1. The van der Waals surface area contributed by atoms with Gasteiger partial charge in [-0.2, -0.15) is 5.10 Å². The molecule has 0 radical (unpaired) electrons. The van der Waals surface area contributed by atoms with Crippen molar-refractivity contribution in [3.8, 4) is 0 Å². The third-order valence-electron chi connectivity index (χ3n) is 5.15. The predicted molar refractivity (Wildman–Crippen MR) is 109 cm³/mol. The van der Waals surface area contributed by atoms with Gasteiger partial charge in [-0.1, -0.05) is 11.6 Å². The summed E-state index contributed by atoms with van der Waals surface area (Å²) >= 11 is 6.25. The van der Waals surface area contributed by atoms with E-state index in [1.807, 2.05) is 6.07 Å². The molecule has 2 aliphatic heterocycles. The molecule has 0 aromatic carbocycles. The number of hydrogen-bond acceptors (Lipinski definition) is 7. The molecule has 0 amide bonds. The number of ether oxygens (including phenoxy) is 1. The molecule has 3 atom stereocenters. The highest BCUT2D eigenvalue weighted by Crippen LogP contribution is 2.55. The van der Waals surface area contributed by atoms with Crippen LogP contribution in [0.5, 0.6) is 0 Å². The van der Waals surface area contributed by atoms with E-state index in [9.17, 15) is 14.0 Å². The second kappa shape index (κ2) is 8.48. The monoisotopic (exact) mass is 480 g/mol. The molecule has 1 unspecified atom stereocenters. The first-order valence-corrected chi connectivity index (χ1v) is 13.5. The van der Waals surface area contributed by atoms with Crippen LogP contribution in [0.2, 0.25) is 5.15 Å². The van der Waals surface area contributed by atoms with Gasteiger partial charge in [-0.05, 0) is 25.7 Å². The van der Waals surface area contributed by atoms with Crippen LogP contribution in [0.15, 0.2) is 12.3 Å². The Bertz CT molecular complexity index is 1020. The highest BCUT2D eigenvalue weighted by atomic mass is 35.5. The highest BCUT2D eigenvalue weighted by molar-refractivity contribution is 7.70. The summed E-state index contributed by atoms with van der Waals surface area (Å²) in [5, 5.41) is 4.72. The van der Waals surface area contributed by atoms with Crippen LogP contribution in [0.25, 0.3) is 5.52 Å². The first-order valence-electron chi connectivity index (χ1n) is 9.57. The number of rotatable bonds is 7. The molecule has 30 heavy (non-hydrogen) atoms. The Labute approximate surface area is 177 Å². The molecule has 4 heterocycles. The van der Waals surface area contributed by atoms with Crippen molar-refractivity contribution in [2.75, 3.05) is 30.5 Å². The third-order valence-corrected chi connectivity index (χ3v) is 8.79. The second-order valence-corrected chi connectivity index (χ2v) is 11.9. The van der Waals surface area contributed by atoms with Crippen LogP contribution in [-0.4, -0.2) is 61.0 Å². The normalized spacial score (nSPS) is 24.6. The topological polar surface area (TPSA) is 147 Å². The zero-order chi connectivity index (χ0) is 21.5. The predicted octanol–water partition coefficient (Wildman–Crippen LogP) is 2.54. The van der Waals surface area contributed by atoms with E-state index in [2.05, 4.69) is 15.0 Å². The summed E-state index contributed by atoms with van der Waals surface area (Å²) < 4.78 is 35.2. The molecule has 0 saturated carbocycles. The highest BCUT2D eigenvalue weighted by Gasteiger charge is 2.35. The summed E-state index contributed by atoms with van der Waals surface area (Å²) in [6, 6.07) is 1.83. The van der Waals surface area contributed by atoms with Crippen molar-refractivity contribution in [3.05, 3.63) is 23.2 Å². The Hall–Kier alpha value is -1.03. The molecule has 11 nitrogen and oxygen atoms in total. The van der Waals surface area contributed by atoms with Gasteiger partial charge >= 0.3 is 15.2 Å². The fraction of sp³-hybridized carbons (Fsp3) is 0.625. The van der Waals surface area contributed by atoms with Gasteiger partial charge in [-0.25, -0.2) is 9.50 Å². The molecule has 4 rings (SSSR count). The van der Waals surface area contributed by atoms with E-state index < -0.39 is 33.3 Å². The average molecular weight is 481 g/mol. The van der Waals surface area contributed by atoms with Crippen molar-refractivity contribution in [2.45, 2.75) is 37.9 Å². The van der Waals surface area contributed by atoms with Crippen LogP contribution >= 0.6 is 26.8 Å². The Morgan fingerprint density at radius 1 is 1.23 bits per heavy atom. The number of nitrogens with zero attached hydrogens (tertiary/aromatic N) is 4. The Kier molecular flexibility index (Phi) is 6.27. The number of hydrogen-bond donors (Lipinski definition) is 3. The van der Waals surface area contributed by atoms with E-state index in [4.69, 9.17) is 30.6 Å². The van der Waals surface area contributed by atoms with Crippen molar-refractivity contribution in [1.29, 1.82) is 0 Å². The summed E-state index contributed by atoms with van der Waals surface area (Å²) in [5.41, 5.74) is 1.81. The van der Waals surface area contributed by atoms with E-state index >= 15 is 0 Å². The molecule has 14 heteroatoms. The summed E-state index contributed by atoms with van der Waals surface area (Å²) in [7, 11) is -9.07. The maximum absolute atomic E-state index is 11.8. The molecule has 0 bridgehead atoms. The van der Waals surface area contributed by atoms with Gasteiger partial charge in [0.1, 0.15) is 11.6 Å². The summed E-state index contributed by atoms with van der Waals surface area (Å²) in [6.07, 6.45) is 4.20. The maximum Gasteiger partial charge on any atom is 0.340 e. The van der Waals surface area contributed by atoms with Gasteiger partial charge in [0.05, 0.1) is 24.6 Å². The molecular weight excluding hydrogens is 458 g/mol. The smallest absolute Gasteiger partial charge is 0.340 e. The van der Waals surface area contributed by atoms with Crippen molar-refractivity contribution in [2.24, 2.45) is 0 Å². The quantitative estimate of drug-likeness (QED) is 0.505. The fourth-order valence-electron chi connectivity index (χ4n) is 3.87. The lowest BCUT2D eigenvalue weighted by molar-refractivity contribution is 0.0106. The van der Waals surface area contributed by atoms with Gasteiger partial charge in [-0.3, -0.25) is 9.13 Å². The van der Waals surface area contributed by atoms with Gasteiger partial charge in [0, 0.05) is 19.2 Å². The number of aromatic nitrogens is 3. The molecular formula is C16H23ClN4O7P2. The molecule has 2 aromatic heterocycles. The van der Waals surface area contributed by atoms with Gasteiger partial charge in [0.15, 0.2) is 16.9 Å². The van der Waals surface area contributed by atoms with Crippen molar-refractivity contribution < 1.29 is 33.1 Å². The minimum Gasteiger partial charge on any atom is -0.370 e. The zero-order valence-corrected chi connectivity index (χ0v) is 18.5. The average Bonchev–Trinajstić information content (AvgIpc) is 3.37. The van der Waals surface area contributed by atoms with Gasteiger partial charge in [0.2, 0.25) is 0 Å². The van der Waals surface area contributed by atoms with Gasteiger partial charge in [-0.15, -0.1) is 0 Å². The van der Waals surface area contributed by atoms with E-state index in [1.165, 1.54) is 0 Å². The van der Waals surface area contributed by atoms with E-state index in [-0.39, 0.29) is 6.61 Å². The van der Waals surface area contributed by atoms with Crippen molar-refractivity contribution >= 4 is 38.0 Å². The fourth-order valence-corrected chi connectivity index (χ4v) is 6.64. The van der Waals surface area contributed by atoms with E-state index in [1.54, 1.807) is 10.7 Å². The van der Waals surface area contributed by atoms with Crippen LogP contribution in [0, 0.1) is 0 Å². The van der Waals surface area contributed by atoms with Crippen molar-refractivity contribution in [3.63, 3.8) is 0 Å². The molecule has 166 valence electrons. The molecule has 0 aliphatic carbocycles. The lowest BCUT2D eigenvalue weighted by Crippen LogP contribution is -2.19. The summed E-state index contributed by atoms with van der Waals surface area (Å²) in [4.78, 5) is 34.1. The van der Waals surface area contributed by atoms with Crippen LogP contribution in [0.1, 0.15) is 37.6 Å². The van der Waals surface area contributed by atoms with Crippen LogP contribution in [0.4, 0.5) is 5.69 Å². The number of fused-ring (bicyclic) bond motifs is 1. The van der Waals surface area contributed by atoms with Gasteiger partial charge < -0.3 is 28.8 Å². The van der Waals surface area contributed by atoms with Crippen LogP contribution in [-0.2, 0) is 18.4 Å². The largest absolute Gasteiger partial charge is 0.370 e. The zero-order valence-electron chi connectivity index (χ0n) is 16.0. The molecule has 2 aliphatic rings. The van der Waals surface area contributed by atoms with Crippen LogP contribution in [0.3, 0.4) is 0 Å². The molecule has 2 aromatic rings. The maximum atomic E-state index is 11.8. The Morgan fingerprint density at radius 3 is 2.67 bits per heavy atom. The SMILES string of the molecule is O=P(O)(O)CP(=O)(O)OC[C@@H]1CC[C@H](c2ncc3c(N4CCCC4)cc(Cl)nn23)O1. The second-order valence-electron chi connectivity index (χ2n) is 7.52. The molecule has 2 fully saturated rings. The summed E-state index contributed by atoms with van der Waals surface area (Å²) in [5.74, 6) is -0.638. The molecule has 3 N–H and O–H groups in total. The minimum absolute atomic E-state index is 0.249. The van der Waals surface area contributed by atoms with Crippen LogP contribution < -0.4 is 4.90 Å². The molecule has 2 saturated heterocycles.